The molecular weight excluding hydrogens is 326 g/mol. The highest BCUT2D eigenvalue weighted by molar-refractivity contribution is 5.82. The average molecular weight is 341 g/mol. The molecule has 0 unspecified atom stereocenters. The van der Waals surface area contributed by atoms with Gasteiger partial charge in [0.1, 0.15) is 5.75 Å². The van der Waals surface area contributed by atoms with Gasteiger partial charge in [-0.2, -0.15) is 0 Å². The molecule has 0 aliphatic rings. The van der Waals surface area contributed by atoms with Gasteiger partial charge in [0.15, 0.2) is 0 Å². The van der Waals surface area contributed by atoms with Crippen LogP contribution in [0.15, 0.2) is 24.3 Å². The number of esters is 2. The van der Waals surface area contributed by atoms with Gasteiger partial charge in [-0.25, -0.2) is 9.59 Å². The van der Waals surface area contributed by atoms with Crippen LogP contribution < -0.4 is 4.74 Å². The number of nitro benzene ring substituents is 1. The maximum atomic E-state index is 11.6. The first kappa shape index (κ1) is 18.9. The molecule has 0 fully saturated rings. The lowest BCUT2D eigenvalue weighted by molar-refractivity contribution is -0.384. The summed E-state index contributed by atoms with van der Waals surface area (Å²) in [5, 5.41) is 10.5. The number of hydrogen-bond acceptors (Lipinski definition) is 9. The summed E-state index contributed by atoms with van der Waals surface area (Å²) < 4.78 is 18.6. The Morgan fingerprint density at radius 3 is 2.21 bits per heavy atom. The molecule has 0 saturated heterocycles. The Hall–Kier alpha value is -3.17. The summed E-state index contributed by atoms with van der Waals surface area (Å²) in [6.45, 7) is 3.00. The van der Waals surface area contributed by atoms with Crippen LogP contribution in [0.5, 0.6) is 5.75 Å². The Morgan fingerprint density at radius 1 is 1.12 bits per heavy atom. The topological polar surface area (TPSA) is 131 Å². The summed E-state index contributed by atoms with van der Waals surface area (Å²) in [7, 11) is 0. The minimum Gasteiger partial charge on any atom is -0.448 e. The molecular formula is C14H15NO9. The predicted octanol–water partition coefficient (Wildman–Crippen LogP) is 1.95. The Labute approximate surface area is 136 Å². The van der Waals surface area contributed by atoms with E-state index in [9.17, 15) is 24.5 Å². The first-order valence-corrected chi connectivity index (χ1v) is 6.57. The van der Waals surface area contributed by atoms with Crippen LogP contribution in [0.4, 0.5) is 10.5 Å². The van der Waals surface area contributed by atoms with Crippen molar-refractivity contribution in [3.8, 4) is 5.75 Å². The fourth-order valence-electron chi connectivity index (χ4n) is 1.47. The molecule has 0 radical (unpaired) electrons. The van der Waals surface area contributed by atoms with E-state index in [1.165, 1.54) is 26.0 Å². The van der Waals surface area contributed by atoms with E-state index in [-0.39, 0.29) is 11.4 Å². The zero-order valence-electron chi connectivity index (χ0n) is 13.1. The van der Waals surface area contributed by atoms with E-state index in [0.29, 0.717) is 0 Å². The third-order valence-electron chi connectivity index (χ3n) is 2.51. The molecule has 0 aliphatic heterocycles. The van der Waals surface area contributed by atoms with Crippen LogP contribution in [-0.2, 0) is 23.8 Å². The van der Waals surface area contributed by atoms with Gasteiger partial charge in [0, 0.05) is 19.1 Å². The molecule has 0 heterocycles. The Kier molecular flexibility index (Phi) is 6.22. The van der Waals surface area contributed by atoms with E-state index in [4.69, 9.17) is 9.47 Å². The summed E-state index contributed by atoms with van der Waals surface area (Å²) in [6, 6.07) is 4.69. The Bertz CT molecular complexity index is 636. The fourth-order valence-corrected chi connectivity index (χ4v) is 1.47. The molecule has 1 aromatic carbocycles. The van der Waals surface area contributed by atoms with Gasteiger partial charge >= 0.3 is 18.1 Å². The van der Waals surface area contributed by atoms with Crippen LogP contribution >= 0.6 is 0 Å². The average Bonchev–Trinajstić information content (AvgIpc) is 2.46. The van der Waals surface area contributed by atoms with E-state index in [1.54, 1.807) is 0 Å². The number of ether oxygens (including phenoxy) is 4. The van der Waals surface area contributed by atoms with Gasteiger partial charge in [0.25, 0.3) is 5.69 Å². The number of nitro groups is 1. The third kappa shape index (κ3) is 5.91. The van der Waals surface area contributed by atoms with E-state index in [1.807, 2.05) is 0 Å². The fraction of sp³-hybridized carbons (Fsp3) is 0.357. The molecule has 0 atom stereocenters. The number of nitrogens with zero attached hydrogens (tertiary/aromatic N) is 1. The highest BCUT2D eigenvalue weighted by Crippen LogP contribution is 2.17. The van der Waals surface area contributed by atoms with E-state index < -0.39 is 35.4 Å². The van der Waals surface area contributed by atoms with Gasteiger partial charge in [0.2, 0.25) is 12.4 Å². The van der Waals surface area contributed by atoms with Crippen molar-refractivity contribution in [2.24, 2.45) is 0 Å². The first-order valence-electron chi connectivity index (χ1n) is 6.57. The SMILES string of the molecule is CC(=O)OC(C)(C)C(=O)OCOC(=O)Oc1ccc([N+](=O)[O-])cc1. The lowest BCUT2D eigenvalue weighted by Crippen LogP contribution is -2.38. The number of hydrogen-bond donors (Lipinski definition) is 0. The summed E-state index contributed by atoms with van der Waals surface area (Å²) in [4.78, 5) is 43.7. The van der Waals surface area contributed by atoms with Crippen molar-refractivity contribution in [2.45, 2.75) is 26.4 Å². The van der Waals surface area contributed by atoms with Crippen molar-refractivity contribution >= 4 is 23.8 Å². The summed E-state index contributed by atoms with van der Waals surface area (Å²) in [6.07, 6.45) is -1.18. The maximum absolute atomic E-state index is 11.6. The van der Waals surface area contributed by atoms with Crippen LogP contribution in [-0.4, -0.2) is 35.4 Å². The highest BCUT2D eigenvalue weighted by atomic mass is 16.8. The summed E-state index contributed by atoms with van der Waals surface area (Å²) in [5.41, 5.74) is -1.70. The molecule has 0 aliphatic carbocycles. The molecule has 0 spiro atoms. The lowest BCUT2D eigenvalue weighted by Gasteiger charge is -2.21. The zero-order valence-corrected chi connectivity index (χ0v) is 13.1. The molecule has 0 bridgehead atoms. The molecule has 0 N–H and O–H groups in total. The van der Waals surface area contributed by atoms with Crippen LogP contribution in [0.1, 0.15) is 20.8 Å². The first-order chi connectivity index (χ1) is 11.1. The van der Waals surface area contributed by atoms with Crippen molar-refractivity contribution in [3.05, 3.63) is 34.4 Å². The molecule has 24 heavy (non-hydrogen) atoms. The Balaban J connectivity index is 2.42. The van der Waals surface area contributed by atoms with Gasteiger partial charge in [-0.1, -0.05) is 0 Å². The van der Waals surface area contributed by atoms with Crippen molar-refractivity contribution in [1.29, 1.82) is 0 Å². The van der Waals surface area contributed by atoms with E-state index in [2.05, 4.69) is 9.47 Å². The molecule has 10 heteroatoms. The van der Waals surface area contributed by atoms with E-state index in [0.717, 1.165) is 19.1 Å². The second-order valence-electron chi connectivity index (χ2n) is 4.90. The predicted molar refractivity (Wildman–Crippen MR) is 77.0 cm³/mol. The minimum atomic E-state index is -1.53. The number of rotatable bonds is 6. The smallest absolute Gasteiger partial charge is 0.448 e. The number of non-ortho nitro benzene ring substituents is 1. The molecule has 0 aromatic heterocycles. The van der Waals surface area contributed by atoms with E-state index >= 15 is 0 Å². The molecule has 1 aromatic rings. The highest BCUT2D eigenvalue weighted by Gasteiger charge is 2.33. The lowest BCUT2D eigenvalue weighted by atomic mass is 10.1. The second kappa shape index (κ2) is 7.90. The van der Waals surface area contributed by atoms with Gasteiger partial charge in [-0.05, 0) is 26.0 Å². The van der Waals surface area contributed by atoms with Crippen LogP contribution in [0.25, 0.3) is 0 Å². The Morgan fingerprint density at radius 2 is 1.71 bits per heavy atom. The molecule has 1 rings (SSSR count). The van der Waals surface area contributed by atoms with Gasteiger partial charge in [-0.15, -0.1) is 0 Å². The van der Waals surface area contributed by atoms with Crippen LogP contribution in [0.3, 0.4) is 0 Å². The summed E-state index contributed by atoms with van der Waals surface area (Å²) in [5.74, 6) is -1.58. The van der Waals surface area contributed by atoms with Crippen molar-refractivity contribution in [2.75, 3.05) is 6.79 Å². The normalized spacial score (nSPS) is 10.5. The minimum absolute atomic E-state index is 0.0113. The van der Waals surface area contributed by atoms with Gasteiger partial charge in [0.05, 0.1) is 4.92 Å². The largest absolute Gasteiger partial charge is 0.516 e. The second-order valence-corrected chi connectivity index (χ2v) is 4.90. The maximum Gasteiger partial charge on any atom is 0.516 e. The van der Waals surface area contributed by atoms with Gasteiger partial charge in [-0.3, -0.25) is 14.9 Å². The van der Waals surface area contributed by atoms with Crippen molar-refractivity contribution in [3.63, 3.8) is 0 Å². The standard InChI is InChI=1S/C14H15NO9/c1-9(16)24-14(2,3)12(17)21-8-22-13(18)23-11-6-4-10(5-7-11)15(19)20/h4-7H,8H2,1-3H3. The number of carbonyl (C=O) groups is 3. The third-order valence-corrected chi connectivity index (χ3v) is 2.51. The number of benzene rings is 1. The quantitative estimate of drug-likeness (QED) is 0.250. The zero-order chi connectivity index (χ0) is 18.3. The monoisotopic (exact) mass is 341 g/mol. The van der Waals surface area contributed by atoms with Crippen LogP contribution in [0, 0.1) is 10.1 Å². The van der Waals surface area contributed by atoms with Crippen molar-refractivity contribution in [1.82, 2.24) is 0 Å². The summed E-state index contributed by atoms with van der Waals surface area (Å²) >= 11 is 0. The molecule has 0 amide bonds. The number of carbonyl (C=O) groups excluding carboxylic acids is 3. The van der Waals surface area contributed by atoms with Crippen LogP contribution in [0.2, 0.25) is 0 Å². The molecule has 10 nitrogen and oxygen atoms in total. The van der Waals surface area contributed by atoms with Crippen molar-refractivity contribution < 1.29 is 38.3 Å². The molecule has 0 saturated carbocycles. The molecule has 130 valence electrons. The van der Waals surface area contributed by atoms with Gasteiger partial charge < -0.3 is 18.9 Å².